The number of fused-ring (bicyclic) bond motifs is 1. The van der Waals surface area contributed by atoms with Gasteiger partial charge in [-0.1, -0.05) is 6.58 Å². The van der Waals surface area contributed by atoms with Crippen LogP contribution in [0.3, 0.4) is 0 Å². The average Bonchev–Trinajstić information content (AvgIpc) is 2.34. The van der Waals surface area contributed by atoms with Crippen LogP contribution in [0.4, 0.5) is 0 Å². The Bertz CT molecular complexity index is 508. The first-order chi connectivity index (χ1) is 8.88. The molecular formula is C10H11ClN2O5S. The molecule has 0 aromatic rings. The van der Waals surface area contributed by atoms with Crippen molar-refractivity contribution in [1.82, 2.24) is 10.2 Å². The number of alkyl halides is 1. The van der Waals surface area contributed by atoms with Crippen LogP contribution in [0.15, 0.2) is 12.2 Å². The van der Waals surface area contributed by atoms with E-state index in [-0.39, 0.29) is 17.2 Å². The normalized spacial score (nSPS) is 33.4. The van der Waals surface area contributed by atoms with Gasteiger partial charge in [-0.2, -0.15) is 0 Å². The number of β-lactam (4-membered cyclic amide) rings is 1. The fourth-order valence-electron chi connectivity index (χ4n) is 2.22. The van der Waals surface area contributed by atoms with Crippen LogP contribution in [0.25, 0.3) is 0 Å². The SMILES string of the molecule is C=C1CS(=O)[C@@H]2C(NC(=O)CCl)C(=O)N2C1C(=O)O. The molecule has 3 unspecified atom stereocenters. The zero-order valence-corrected chi connectivity index (χ0v) is 11.2. The maximum absolute atomic E-state index is 11.9. The van der Waals surface area contributed by atoms with Gasteiger partial charge in [-0.05, 0) is 5.57 Å². The first-order valence-electron chi connectivity index (χ1n) is 5.33. The zero-order valence-electron chi connectivity index (χ0n) is 9.67. The van der Waals surface area contributed by atoms with Gasteiger partial charge in [0, 0.05) is 5.75 Å². The summed E-state index contributed by atoms with van der Waals surface area (Å²) in [7, 11) is -1.48. The van der Waals surface area contributed by atoms with Crippen LogP contribution in [-0.4, -0.2) is 61.1 Å². The van der Waals surface area contributed by atoms with E-state index in [0.717, 1.165) is 4.90 Å². The van der Waals surface area contributed by atoms with Crippen LogP contribution in [0.2, 0.25) is 0 Å². The molecule has 0 saturated carbocycles. The second-order valence-electron chi connectivity index (χ2n) is 4.24. The third-order valence-electron chi connectivity index (χ3n) is 3.01. The molecule has 7 nitrogen and oxygen atoms in total. The maximum atomic E-state index is 11.9. The van der Waals surface area contributed by atoms with Crippen LogP contribution in [-0.2, 0) is 25.2 Å². The van der Waals surface area contributed by atoms with E-state index < -0.39 is 46.0 Å². The average molecular weight is 307 g/mol. The molecule has 2 fully saturated rings. The molecule has 2 rings (SSSR count). The van der Waals surface area contributed by atoms with Crippen LogP contribution < -0.4 is 5.32 Å². The third-order valence-corrected chi connectivity index (χ3v) is 4.95. The number of amides is 2. The lowest BCUT2D eigenvalue weighted by Gasteiger charge is -2.51. The Hall–Kier alpha value is -1.41. The molecule has 4 atom stereocenters. The second kappa shape index (κ2) is 4.93. The van der Waals surface area contributed by atoms with Gasteiger partial charge in [-0.15, -0.1) is 11.6 Å². The Labute approximate surface area is 116 Å². The van der Waals surface area contributed by atoms with Crippen molar-refractivity contribution in [3.63, 3.8) is 0 Å². The molecule has 2 saturated heterocycles. The molecule has 0 aromatic heterocycles. The van der Waals surface area contributed by atoms with Gasteiger partial charge in [0.1, 0.15) is 17.3 Å². The van der Waals surface area contributed by atoms with E-state index in [1.54, 1.807) is 0 Å². The number of rotatable bonds is 3. The van der Waals surface area contributed by atoms with Gasteiger partial charge in [0.05, 0.1) is 10.8 Å². The molecule has 2 amide bonds. The molecule has 2 aliphatic rings. The minimum absolute atomic E-state index is 0.00133. The predicted octanol–water partition coefficient (Wildman–Crippen LogP) is -1.35. The fraction of sp³-hybridized carbons (Fsp3) is 0.500. The quantitative estimate of drug-likeness (QED) is 0.381. The van der Waals surface area contributed by atoms with Gasteiger partial charge >= 0.3 is 5.97 Å². The number of nitrogens with one attached hydrogen (secondary N) is 1. The molecule has 104 valence electrons. The number of carboxylic acid groups (broad SMARTS) is 1. The number of hydrogen-bond acceptors (Lipinski definition) is 4. The second-order valence-corrected chi connectivity index (χ2v) is 6.04. The molecule has 2 N–H and O–H groups in total. The highest BCUT2D eigenvalue weighted by Gasteiger charge is 2.58. The summed E-state index contributed by atoms with van der Waals surface area (Å²) >= 11 is 5.32. The van der Waals surface area contributed by atoms with Crippen molar-refractivity contribution in [2.75, 3.05) is 11.6 Å². The highest BCUT2D eigenvalue weighted by Crippen LogP contribution is 2.34. The molecule has 0 aromatic carbocycles. The number of nitrogens with zero attached hydrogens (tertiary/aromatic N) is 1. The summed E-state index contributed by atoms with van der Waals surface area (Å²) in [5.41, 5.74) is 0.220. The summed E-state index contributed by atoms with van der Waals surface area (Å²) in [5, 5.41) is 10.6. The smallest absolute Gasteiger partial charge is 0.330 e. The summed E-state index contributed by atoms with van der Waals surface area (Å²) in [5.74, 6) is -2.68. The van der Waals surface area contributed by atoms with Crippen LogP contribution in [0, 0.1) is 0 Å². The molecule has 19 heavy (non-hydrogen) atoms. The first kappa shape index (κ1) is 14.0. The number of carbonyl (C=O) groups excluding carboxylic acids is 2. The van der Waals surface area contributed by atoms with Crippen LogP contribution >= 0.6 is 11.6 Å². The lowest BCUT2D eigenvalue weighted by Crippen LogP contribution is -2.77. The molecule has 0 radical (unpaired) electrons. The molecule has 0 bridgehead atoms. The number of carbonyl (C=O) groups is 3. The van der Waals surface area contributed by atoms with Crippen molar-refractivity contribution in [1.29, 1.82) is 0 Å². The van der Waals surface area contributed by atoms with Gasteiger partial charge in [-0.25, -0.2) is 4.79 Å². The summed E-state index contributed by atoms with van der Waals surface area (Å²) in [6, 6.07) is -2.15. The summed E-state index contributed by atoms with van der Waals surface area (Å²) in [6.45, 7) is 3.55. The number of carboxylic acids is 1. The van der Waals surface area contributed by atoms with E-state index in [4.69, 9.17) is 16.7 Å². The van der Waals surface area contributed by atoms with Crippen LogP contribution in [0.1, 0.15) is 0 Å². The predicted molar refractivity (Wildman–Crippen MR) is 66.9 cm³/mol. The molecule has 2 heterocycles. The van der Waals surface area contributed by atoms with E-state index >= 15 is 0 Å². The highest BCUT2D eigenvalue weighted by molar-refractivity contribution is 7.86. The van der Waals surface area contributed by atoms with Crippen molar-refractivity contribution in [2.45, 2.75) is 17.5 Å². The van der Waals surface area contributed by atoms with Crippen molar-refractivity contribution in [3.8, 4) is 0 Å². The first-order valence-corrected chi connectivity index (χ1v) is 7.25. The van der Waals surface area contributed by atoms with Gasteiger partial charge in [0.2, 0.25) is 11.8 Å². The molecule has 0 aliphatic carbocycles. The zero-order chi connectivity index (χ0) is 14.3. The van der Waals surface area contributed by atoms with Crippen molar-refractivity contribution >= 4 is 40.2 Å². The Morgan fingerprint density at radius 1 is 1.58 bits per heavy atom. The standard InChI is InChI=1S/C10H11ClN2O5S/c1-4-3-19(18)9-6(12-5(14)2-11)8(15)13(9)7(4)10(16)17/h6-7,9H,1-3H2,(H,12,14)(H,16,17)/t6?,7?,9-,19?/m1/s1. The molecule has 0 spiro atoms. The Balaban J connectivity index is 2.23. The molecule has 2 aliphatic heterocycles. The lowest BCUT2D eigenvalue weighted by molar-refractivity contribution is -0.160. The fourth-order valence-corrected chi connectivity index (χ4v) is 3.96. The van der Waals surface area contributed by atoms with Crippen molar-refractivity contribution < 1.29 is 23.7 Å². The van der Waals surface area contributed by atoms with Crippen molar-refractivity contribution in [2.24, 2.45) is 0 Å². The molecule has 9 heteroatoms. The number of aliphatic carboxylic acids is 1. The van der Waals surface area contributed by atoms with E-state index in [1.165, 1.54) is 0 Å². The number of hydrogen-bond donors (Lipinski definition) is 2. The van der Waals surface area contributed by atoms with E-state index in [1.807, 2.05) is 0 Å². The minimum atomic E-state index is -1.48. The lowest BCUT2D eigenvalue weighted by atomic mass is 9.99. The van der Waals surface area contributed by atoms with Crippen LogP contribution in [0.5, 0.6) is 0 Å². The number of halogens is 1. The monoisotopic (exact) mass is 306 g/mol. The summed E-state index contributed by atoms with van der Waals surface area (Å²) < 4.78 is 11.9. The maximum Gasteiger partial charge on any atom is 0.330 e. The van der Waals surface area contributed by atoms with E-state index in [9.17, 15) is 18.6 Å². The summed E-state index contributed by atoms with van der Waals surface area (Å²) in [4.78, 5) is 35.2. The topological polar surface area (TPSA) is 104 Å². The largest absolute Gasteiger partial charge is 0.479 e. The van der Waals surface area contributed by atoms with Gasteiger partial charge in [0.15, 0.2) is 6.04 Å². The Kier molecular flexibility index (Phi) is 3.64. The van der Waals surface area contributed by atoms with E-state index in [2.05, 4.69) is 11.9 Å². The molecular weight excluding hydrogens is 296 g/mol. The van der Waals surface area contributed by atoms with Gasteiger partial charge < -0.3 is 15.3 Å². The van der Waals surface area contributed by atoms with Gasteiger partial charge in [-0.3, -0.25) is 13.8 Å². The van der Waals surface area contributed by atoms with E-state index in [0.29, 0.717) is 0 Å². The van der Waals surface area contributed by atoms with Crippen molar-refractivity contribution in [3.05, 3.63) is 12.2 Å². The highest BCUT2D eigenvalue weighted by atomic mass is 35.5. The Morgan fingerprint density at radius 3 is 2.74 bits per heavy atom. The van der Waals surface area contributed by atoms with Gasteiger partial charge in [0.25, 0.3) is 0 Å². The third kappa shape index (κ3) is 2.14. The summed E-state index contributed by atoms with van der Waals surface area (Å²) in [6.07, 6.45) is 0. The Morgan fingerprint density at radius 2 is 2.21 bits per heavy atom. The minimum Gasteiger partial charge on any atom is -0.479 e.